The van der Waals surface area contributed by atoms with Crippen molar-refractivity contribution in [2.24, 2.45) is 0 Å². The Morgan fingerprint density at radius 2 is 1.88 bits per heavy atom. The van der Waals surface area contributed by atoms with Gasteiger partial charge in [-0.25, -0.2) is 8.42 Å². The van der Waals surface area contributed by atoms with Gasteiger partial charge >= 0.3 is 0 Å². The Morgan fingerprint density at radius 1 is 1.19 bits per heavy atom. The quantitative estimate of drug-likeness (QED) is 0.723. The van der Waals surface area contributed by atoms with E-state index in [9.17, 15) is 13.2 Å². The van der Waals surface area contributed by atoms with E-state index < -0.39 is 10.0 Å². The van der Waals surface area contributed by atoms with Gasteiger partial charge < -0.3 is 5.32 Å². The molecule has 2 rings (SSSR count). The molecule has 2 aromatic rings. The molecule has 0 fully saturated rings. The van der Waals surface area contributed by atoms with Gasteiger partial charge in [0.2, 0.25) is 15.9 Å². The Bertz CT molecular complexity index is 877. The van der Waals surface area contributed by atoms with E-state index in [2.05, 4.69) is 11.9 Å². The van der Waals surface area contributed by atoms with Crippen LogP contribution in [0.4, 0.5) is 5.69 Å². The number of amides is 1. The third-order valence-electron chi connectivity index (χ3n) is 3.98. The average molecular weight is 372 g/mol. The molecular weight excluding hydrogens is 348 g/mol. The van der Waals surface area contributed by atoms with Crippen LogP contribution in [0.1, 0.15) is 18.1 Å². The first-order valence-electron chi connectivity index (χ1n) is 8.38. The van der Waals surface area contributed by atoms with Crippen molar-refractivity contribution in [2.75, 3.05) is 18.4 Å². The molecule has 0 spiro atoms. The third-order valence-corrected chi connectivity index (χ3v) is 5.84. The molecule has 1 amide bonds. The normalized spacial score (nSPS) is 11.3. The van der Waals surface area contributed by atoms with Crippen molar-refractivity contribution in [1.29, 1.82) is 0 Å². The zero-order valence-corrected chi connectivity index (χ0v) is 15.9. The number of nitrogens with one attached hydrogen (secondary N) is 1. The van der Waals surface area contributed by atoms with E-state index in [-0.39, 0.29) is 17.3 Å². The molecule has 0 aliphatic heterocycles. The number of aryl methyl sites for hydroxylation is 1. The smallest absolute Gasteiger partial charge is 0.243 e. The first-order chi connectivity index (χ1) is 12.3. The minimum atomic E-state index is -3.70. The lowest BCUT2D eigenvalue weighted by atomic mass is 10.1. The molecule has 138 valence electrons. The Hall–Kier alpha value is -2.44. The van der Waals surface area contributed by atoms with Gasteiger partial charge in [0.1, 0.15) is 0 Å². The fourth-order valence-electron chi connectivity index (χ4n) is 2.59. The molecule has 0 unspecified atom stereocenters. The van der Waals surface area contributed by atoms with Crippen molar-refractivity contribution in [3.05, 3.63) is 72.3 Å². The zero-order chi connectivity index (χ0) is 19.2. The van der Waals surface area contributed by atoms with Crippen LogP contribution in [0, 0.1) is 6.92 Å². The molecule has 1 N–H and O–H groups in total. The molecule has 0 atom stereocenters. The Kier molecular flexibility index (Phi) is 6.71. The summed E-state index contributed by atoms with van der Waals surface area (Å²) in [6.45, 7) is 7.45. The number of hydrogen-bond acceptors (Lipinski definition) is 3. The maximum Gasteiger partial charge on any atom is 0.243 e. The summed E-state index contributed by atoms with van der Waals surface area (Å²) < 4.78 is 27.5. The Labute approximate surface area is 155 Å². The summed E-state index contributed by atoms with van der Waals surface area (Å²) in [5, 5.41) is 2.67. The van der Waals surface area contributed by atoms with Crippen LogP contribution in [0.2, 0.25) is 0 Å². The number of carbonyl (C=O) groups excluding carboxylic acids is 1. The summed E-state index contributed by atoms with van der Waals surface area (Å²) in [6, 6.07) is 14.5. The van der Waals surface area contributed by atoms with Gasteiger partial charge in [-0.15, -0.1) is 6.58 Å². The Balaban J connectivity index is 2.28. The summed E-state index contributed by atoms with van der Waals surface area (Å²) in [5.74, 6) is -0.241. The highest BCUT2D eigenvalue weighted by molar-refractivity contribution is 7.89. The number of nitrogens with zero attached hydrogens (tertiary/aromatic N) is 1. The fourth-order valence-corrected chi connectivity index (χ4v) is 4.03. The maximum absolute atomic E-state index is 13.1. The number of carbonyl (C=O) groups is 1. The number of sulfonamides is 1. The molecule has 0 aliphatic rings. The molecule has 0 saturated heterocycles. The Morgan fingerprint density at radius 3 is 2.50 bits per heavy atom. The lowest BCUT2D eigenvalue weighted by molar-refractivity contribution is -0.114. The van der Waals surface area contributed by atoms with Gasteiger partial charge in [0.25, 0.3) is 0 Å². The van der Waals surface area contributed by atoms with Crippen LogP contribution in [0.25, 0.3) is 0 Å². The number of hydrogen-bond donors (Lipinski definition) is 1. The van der Waals surface area contributed by atoms with Crippen molar-refractivity contribution in [2.45, 2.75) is 25.2 Å². The summed E-state index contributed by atoms with van der Waals surface area (Å²) in [6.07, 6.45) is 2.18. The largest absolute Gasteiger partial charge is 0.326 e. The van der Waals surface area contributed by atoms with Crippen LogP contribution in [-0.2, 0) is 21.2 Å². The second-order valence-electron chi connectivity index (χ2n) is 6.05. The molecule has 26 heavy (non-hydrogen) atoms. The average Bonchev–Trinajstić information content (AvgIpc) is 2.60. The molecule has 0 bridgehead atoms. The molecule has 5 nitrogen and oxygen atoms in total. The van der Waals surface area contributed by atoms with Gasteiger partial charge in [0, 0.05) is 25.7 Å². The van der Waals surface area contributed by atoms with Crippen molar-refractivity contribution in [3.63, 3.8) is 0 Å². The van der Waals surface area contributed by atoms with E-state index in [1.54, 1.807) is 18.2 Å². The number of rotatable bonds is 8. The minimum Gasteiger partial charge on any atom is -0.326 e. The molecule has 2 aromatic carbocycles. The standard InChI is InChI=1S/C20H24N2O3S/c1-4-13-22(14-12-18-8-6-5-7-9-18)26(24,25)19-11-10-16(2)20(15-19)21-17(3)23/h4-11,15H,1,12-14H2,2-3H3,(H,21,23). The summed E-state index contributed by atoms with van der Waals surface area (Å²) in [4.78, 5) is 11.5. The van der Waals surface area contributed by atoms with Crippen LogP contribution in [-0.4, -0.2) is 31.7 Å². The third kappa shape index (κ3) is 5.03. The highest BCUT2D eigenvalue weighted by Gasteiger charge is 2.24. The van der Waals surface area contributed by atoms with Crippen molar-refractivity contribution >= 4 is 21.6 Å². The first kappa shape index (κ1) is 19.9. The van der Waals surface area contributed by atoms with Gasteiger partial charge in [-0.2, -0.15) is 4.31 Å². The van der Waals surface area contributed by atoms with Crippen LogP contribution in [0.3, 0.4) is 0 Å². The number of benzene rings is 2. The monoisotopic (exact) mass is 372 g/mol. The van der Waals surface area contributed by atoms with E-state index in [4.69, 9.17) is 0 Å². The fraction of sp³-hybridized carbons (Fsp3) is 0.250. The molecule has 0 aromatic heterocycles. The topological polar surface area (TPSA) is 66.5 Å². The maximum atomic E-state index is 13.1. The second-order valence-corrected chi connectivity index (χ2v) is 7.98. The van der Waals surface area contributed by atoms with Gasteiger partial charge in [-0.05, 0) is 36.6 Å². The van der Waals surface area contributed by atoms with E-state index >= 15 is 0 Å². The summed E-state index contributed by atoms with van der Waals surface area (Å²) in [7, 11) is -3.70. The SMILES string of the molecule is C=CCN(CCc1ccccc1)S(=O)(=O)c1ccc(C)c(NC(C)=O)c1. The van der Waals surface area contributed by atoms with Gasteiger partial charge in [0.15, 0.2) is 0 Å². The zero-order valence-electron chi connectivity index (χ0n) is 15.1. The molecular formula is C20H24N2O3S. The highest BCUT2D eigenvalue weighted by Crippen LogP contribution is 2.23. The predicted molar refractivity (Wildman–Crippen MR) is 105 cm³/mol. The molecule has 0 saturated carbocycles. The highest BCUT2D eigenvalue weighted by atomic mass is 32.2. The first-order valence-corrected chi connectivity index (χ1v) is 9.82. The minimum absolute atomic E-state index is 0.154. The predicted octanol–water partition coefficient (Wildman–Crippen LogP) is 3.37. The van der Waals surface area contributed by atoms with Crippen molar-refractivity contribution in [3.8, 4) is 0 Å². The van der Waals surface area contributed by atoms with Crippen LogP contribution in [0.5, 0.6) is 0 Å². The summed E-state index contributed by atoms with van der Waals surface area (Å²) >= 11 is 0. The van der Waals surface area contributed by atoms with Crippen LogP contribution in [0.15, 0.2) is 66.1 Å². The van der Waals surface area contributed by atoms with Crippen LogP contribution < -0.4 is 5.32 Å². The van der Waals surface area contributed by atoms with Gasteiger partial charge in [0.05, 0.1) is 4.90 Å². The van der Waals surface area contributed by atoms with Crippen molar-refractivity contribution in [1.82, 2.24) is 4.31 Å². The van der Waals surface area contributed by atoms with Gasteiger partial charge in [-0.1, -0.05) is 42.5 Å². The van der Waals surface area contributed by atoms with E-state index in [0.29, 0.717) is 18.7 Å². The second kappa shape index (κ2) is 8.78. The molecule has 0 radical (unpaired) electrons. The molecule has 0 aliphatic carbocycles. The molecule has 6 heteroatoms. The van der Waals surface area contributed by atoms with Crippen molar-refractivity contribution < 1.29 is 13.2 Å². The molecule has 0 heterocycles. The lowest BCUT2D eigenvalue weighted by Gasteiger charge is -2.21. The van der Waals surface area contributed by atoms with Crippen LogP contribution >= 0.6 is 0 Å². The van der Waals surface area contributed by atoms with E-state index in [1.807, 2.05) is 37.3 Å². The number of anilines is 1. The van der Waals surface area contributed by atoms with E-state index in [1.165, 1.54) is 17.3 Å². The van der Waals surface area contributed by atoms with E-state index in [0.717, 1.165) is 11.1 Å². The lowest BCUT2D eigenvalue weighted by Crippen LogP contribution is -2.33. The summed E-state index contributed by atoms with van der Waals surface area (Å²) in [5.41, 5.74) is 2.37. The van der Waals surface area contributed by atoms with Gasteiger partial charge in [-0.3, -0.25) is 4.79 Å².